The zero-order valence-electron chi connectivity index (χ0n) is 15.0. The van der Waals surface area contributed by atoms with Crippen molar-refractivity contribution in [3.05, 3.63) is 91.1 Å². The van der Waals surface area contributed by atoms with E-state index in [1.807, 2.05) is 72.8 Å². The number of anilines is 1. The van der Waals surface area contributed by atoms with Crippen molar-refractivity contribution < 1.29 is 4.79 Å². The second-order valence-electron chi connectivity index (χ2n) is 6.08. The summed E-state index contributed by atoms with van der Waals surface area (Å²) in [5.74, 6) is 0.305. The molecule has 0 saturated carbocycles. The number of amides is 1. The van der Waals surface area contributed by atoms with E-state index in [4.69, 9.17) is 0 Å². The van der Waals surface area contributed by atoms with Crippen molar-refractivity contribution in [1.82, 2.24) is 4.98 Å². The van der Waals surface area contributed by atoms with E-state index in [-0.39, 0.29) is 5.91 Å². The second-order valence-corrected chi connectivity index (χ2v) is 8.21. The van der Waals surface area contributed by atoms with Gasteiger partial charge in [-0.1, -0.05) is 60.3 Å². The third-order valence-corrected chi connectivity index (χ3v) is 6.22. The molecule has 138 valence electrons. The van der Waals surface area contributed by atoms with Gasteiger partial charge in [0, 0.05) is 26.3 Å². The lowest BCUT2D eigenvalue weighted by molar-refractivity contribution is -0.113. The van der Waals surface area contributed by atoms with Crippen LogP contribution >= 0.6 is 23.5 Å². The van der Waals surface area contributed by atoms with Crippen LogP contribution in [-0.2, 0) is 4.79 Å². The van der Waals surface area contributed by atoms with Crippen molar-refractivity contribution in [1.29, 1.82) is 0 Å². The number of thioether (sulfide) groups is 1. The number of nitrogens with zero attached hydrogens (tertiary/aromatic N) is 1. The number of fused-ring (bicyclic) bond motifs is 1. The fraction of sp³-hybridized carbons (Fsp3) is 0.0435. The quantitative estimate of drug-likeness (QED) is 0.395. The molecule has 5 heteroatoms. The molecule has 0 aliphatic heterocycles. The lowest BCUT2D eigenvalue weighted by atomic mass is 10.2. The molecule has 1 N–H and O–H groups in total. The molecule has 4 aromatic rings. The normalized spacial score (nSPS) is 10.7. The molecule has 4 rings (SSSR count). The van der Waals surface area contributed by atoms with E-state index < -0.39 is 0 Å². The average Bonchev–Trinajstić information content (AvgIpc) is 2.74. The van der Waals surface area contributed by atoms with Crippen molar-refractivity contribution in [3.8, 4) is 0 Å². The fourth-order valence-electron chi connectivity index (χ4n) is 2.80. The summed E-state index contributed by atoms with van der Waals surface area (Å²) < 4.78 is 0. The monoisotopic (exact) mass is 402 g/mol. The molecule has 1 heterocycles. The van der Waals surface area contributed by atoms with Crippen LogP contribution in [0.15, 0.2) is 106 Å². The third-order valence-electron chi connectivity index (χ3n) is 4.09. The minimum atomic E-state index is -0.0287. The number of rotatable bonds is 6. The number of carbonyl (C=O) groups excluding carboxylic acids is 1. The summed E-state index contributed by atoms with van der Waals surface area (Å²) in [4.78, 5) is 20.2. The van der Waals surface area contributed by atoms with Gasteiger partial charge in [-0.15, -0.1) is 11.8 Å². The van der Waals surface area contributed by atoms with E-state index in [0.29, 0.717) is 5.75 Å². The summed E-state index contributed by atoms with van der Waals surface area (Å²) in [5.41, 5.74) is 1.76. The fourth-order valence-corrected chi connectivity index (χ4v) is 4.56. The third kappa shape index (κ3) is 4.55. The Morgan fingerprint density at radius 1 is 0.821 bits per heavy atom. The first-order valence-corrected chi connectivity index (χ1v) is 10.7. The highest BCUT2D eigenvalue weighted by Gasteiger charge is 2.10. The van der Waals surface area contributed by atoms with Gasteiger partial charge in [0.25, 0.3) is 0 Å². The molecule has 0 spiro atoms. The Hall–Kier alpha value is -2.76. The maximum atomic E-state index is 12.6. The number of para-hydroxylation sites is 2. The Morgan fingerprint density at radius 3 is 2.46 bits per heavy atom. The highest BCUT2D eigenvalue weighted by atomic mass is 32.2. The highest BCUT2D eigenvalue weighted by molar-refractivity contribution is 8.00. The molecule has 0 unspecified atom stereocenters. The summed E-state index contributed by atoms with van der Waals surface area (Å²) >= 11 is 3.15. The first-order chi connectivity index (χ1) is 13.8. The van der Waals surface area contributed by atoms with E-state index in [2.05, 4.69) is 22.4 Å². The number of hydrogen-bond donors (Lipinski definition) is 1. The number of benzene rings is 3. The largest absolute Gasteiger partial charge is 0.324 e. The smallest absolute Gasteiger partial charge is 0.234 e. The Labute approximate surface area is 172 Å². The molecule has 0 fully saturated rings. The zero-order chi connectivity index (χ0) is 19.2. The summed E-state index contributed by atoms with van der Waals surface area (Å²) in [7, 11) is 0. The van der Waals surface area contributed by atoms with E-state index in [9.17, 15) is 4.79 Å². The first-order valence-electron chi connectivity index (χ1n) is 8.88. The molecule has 0 atom stereocenters. The van der Waals surface area contributed by atoms with E-state index in [1.54, 1.807) is 18.0 Å². The van der Waals surface area contributed by atoms with Crippen molar-refractivity contribution >= 4 is 46.0 Å². The first kappa shape index (κ1) is 18.6. The van der Waals surface area contributed by atoms with Gasteiger partial charge in [-0.2, -0.15) is 0 Å². The molecule has 0 saturated heterocycles. The molecule has 3 nitrogen and oxygen atoms in total. The van der Waals surface area contributed by atoms with Crippen LogP contribution in [0, 0.1) is 0 Å². The predicted octanol–water partition coefficient (Wildman–Crippen LogP) is 6.12. The Balaban J connectivity index is 1.44. The van der Waals surface area contributed by atoms with Crippen molar-refractivity contribution in [2.24, 2.45) is 0 Å². The number of nitrogens with one attached hydrogen (secondary N) is 1. The maximum absolute atomic E-state index is 12.6. The standard InChI is InChI=1S/C23H18N2OS2/c26-22(16-27-21-14-6-8-17-9-7-15-24-23(17)21)25-19-12-4-5-13-20(19)28-18-10-2-1-3-11-18/h1-15H,16H2,(H,25,26). The molecule has 28 heavy (non-hydrogen) atoms. The molecule has 0 bridgehead atoms. The Bertz CT molecular complexity index is 1090. The van der Waals surface area contributed by atoms with Crippen molar-refractivity contribution in [2.75, 3.05) is 11.1 Å². The lowest BCUT2D eigenvalue weighted by Crippen LogP contribution is -2.14. The van der Waals surface area contributed by atoms with Crippen LogP contribution in [-0.4, -0.2) is 16.6 Å². The van der Waals surface area contributed by atoms with Crippen LogP contribution < -0.4 is 5.32 Å². The molecular formula is C23H18N2OS2. The van der Waals surface area contributed by atoms with Crippen LogP contribution in [0.4, 0.5) is 5.69 Å². The van der Waals surface area contributed by atoms with E-state index in [0.717, 1.165) is 31.3 Å². The molecule has 0 aliphatic rings. The van der Waals surface area contributed by atoms with E-state index in [1.165, 1.54) is 11.8 Å². The van der Waals surface area contributed by atoms with Gasteiger partial charge in [0.1, 0.15) is 0 Å². The van der Waals surface area contributed by atoms with Crippen molar-refractivity contribution in [3.63, 3.8) is 0 Å². The van der Waals surface area contributed by atoms with Gasteiger partial charge in [0.2, 0.25) is 5.91 Å². The molecule has 1 amide bonds. The van der Waals surface area contributed by atoms with Crippen molar-refractivity contribution in [2.45, 2.75) is 14.7 Å². The van der Waals surface area contributed by atoms with Gasteiger partial charge in [0.05, 0.1) is 17.0 Å². The SMILES string of the molecule is O=C(CSc1cccc2cccnc12)Nc1ccccc1Sc1ccccc1. The Morgan fingerprint density at radius 2 is 1.57 bits per heavy atom. The maximum Gasteiger partial charge on any atom is 0.234 e. The van der Waals surface area contributed by atoms with Crippen LogP contribution in [0.3, 0.4) is 0 Å². The van der Waals surface area contributed by atoms with Gasteiger partial charge in [0.15, 0.2) is 0 Å². The van der Waals surface area contributed by atoms with Crippen LogP contribution in [0.1, 0.15) is 0 Å². The average molecular weight is 403 g/mol. The van der Waals surface area contributed by atoms with E-state index >= 15 is 0 Å². The number of pyridine rings is 1. The van der Waals surface area contributed by atoms with Gasteiger partial charge >= 0.3 is 0 Å². The van der Waals surface area contributed by atoms with Gasteiger partial charge in [-0.25, -0.2) is 0 Å². The second kappa shape index (κ2) is 8.95. The Kier molecular flexibility index (Phi) is 5.95. The summed E-state index contributed by atoms with van der Waals surface area (Å²) in [6.45, 7) is 0. The number of hydrogen-bond acceptors (Lipinski definition) is 4. The summed E-state index contributed by atoms with van der Waals surface area (Å²) in [6.07, 6.45) is 1.78. The van der Waals surface area contributed by atoms with Gasteiger partial charge in [-0.05, 0) is 36.4 Å². The highest BCUT2D eigenvalue weighted by Crippen LogP contribution is 2.33. The molecule has 0 radical (unpaired) electrons. The lowest BCUT2D eigenvalue weighted by Gasteiger charge is -2.11. The van der Waals surface area contributed by atoms with Crippen LogP contribution in [0.2, 0.25) is 0 Å². The minimum absolute atomic E-state index is 0.0287. The number of aromatic nitrogens is 1. The molecule has 3 aromatic carbocycles. The van der Waals surface area contributed by atoms with Gasteiger partial charge in [-0.3, -0.25) is 9.78 Å². The van der Waals surface area contributed by atoms with Crippen LogP contribution in [0.25, 0.3) is 10.9 Å². The zero-order valence-corrected chi connectivity index (χ0v) is 16.7. The molecule has 0 aliphatic carbocycles. The van der Waals surface area contributed by atoms with Gasteiger partial charge < -0.3 is 5.32 Å². The summed E-state index contributed by atoms with van der Waals surface area (Å²) in [5, 5.41) is 4.13. The van der Waals surface area contributed by atoms with Crippen LogP contribution in [0.5, 0.6) is 0 Å². The minimum Gasteiger partial charge on any atom is -0.324 e. The molecule has 1 aromatic heterocycles. The topological polar surface area (TPSA) is 42.0 Å². The number of carbonyl (C=O) groups is 1. The summed E-state index contributed by atoms with van der Waals surface area (Å²) in [6, 6.07) is 28.0. The molecular weight excluding hydrogens is 384 g/mol. The predicted molar refractivity (Wildman–Crippen MR) is 118 cm³/mol.